The summed E-state index contributed by atoms with van der Waals surface area (Å²) < 4.78 is 0. The number of hydrogen-bond acceptors (Lipinski definition) is 2. The minimum absolute atomic E-state index is 0.641. The van der Waals surface area contributed by atoms with Gasteiger partial charge in [0, 0.05) is 18.1 Å². The lowest BCUT2D eigenvalue weighted by Gasteiger charge is -2.30. The zero-order valence-corrected chi connectivity index (χ0v) is 11.2. The first-order valence-electron chi connectivity index (χ1n) is 6.78. The van der Waals surface area contributed by atoms with Crippen molar-refractivity contribution >= 4 is 10.9 Å². The first-order chi connectivity index (χ1) is 8.75. The predicted molar refractivity (Wildman–Crippen MR) is 76.0 cm³/mol. The Bertz CT molecular complexity index is 562. The monoisotopic (exact) mass is 240 g/mol. The van der Waals surface area contributed by atoms with Crippen LogP contribution >= 0.6 is 0 Å². The maximum atomic E-state index is 4.62. The highest BCUT2D eigenvalue weighted by molar-refractivity contribution is 5.85. The molecule has 3 rings (SSSR count). The number of benzene rings is 1. The number of likely N-dealkylation sites (tertiary alicyclic amines) is 1. The number of pyridine rings is 1. The fourth-order valence-electron chi connectivity index (χ4n) is 3.09. The van der Waals surface area contributed by atoms with Crippen molar-refractivity contribution in [3.05, 3.63) is 41.6 Å². The molecule has 0 radical (unpaired) electrons. The normalized spacial score (nSPS) is 21.3. The van der Waals surface area contributed by atoms with Crippen molar-refractivity contribution in [2.45, 2.75) is 25.7 Å². The standard InChI is InChI=1S/C16H20N2/c1-12-8-9-17-16-14(12)6-3-7-15(16)13-5-4-10-18(2)11-13/h3,6-9,13H,4-5,10-11H2,1-2H3. The summed E-state index contributed by atoms with van der Waals surface area (Å²) in [7, 11) is 2.22. The highest BCUT2D eigenvalue weighted by Gasteiger charge is 2.21. The van der Waals surface area contributed by atoms with Crippen molar-refractivity contribution in [3.63, 3.8) is 0 Å². The number of aromatic nitrogens is 1. The van der Waals surface area contributed by atoms with E-state index in [1.807, 2.05) is 6.20 Å². The Hall–Kier alpha value is -1.41. The van der Waals surface area contributed by atoms with Gasteiger partial charge in [0.2, 0.25) is 0 Å². The zero-order chi connectivity index (χ0) is 12.5. The number of aryl methyl sites for hydroxylation is 1. The maximum Gasteiger partial charge on any atom is 0.0739 e. The number of nitrogens with zero attached hydrogens (tertiary/aromatic N) is 2. The van der Waals surface area contributed by atoms with E-state index in [1.165, 1.54) is 41.4 Å². The lowest BCUT2D eigenvalue weighted by molar-refractivity contribution is 0.251. The molecule has 1 aliphatic heterocycles. The van der Waals surface area contributed by atoms with Crippen LogP contribution in [0.4, 0.5) is 0 Å². The average Bonchev–Trinajstić information content (AvgIpc) is 2.39. The van der Waals surface area contributed by atoms with Crippen LogP contribution in [0.3, 0.4) is 0 Å². The molecule has 18 heavy (non-hydrogen) atoms. The summed E-state index contributed by atoms with van der Waals surface area (Å²) in [4.78, 5) is 7.06. The Kier molecular flexibility index (Phi) is 3.04. The van der Waals surface area contributed by atoms with Crippen LogP contribution in [-0.2, 0) is 0 Å². The second-order valence-corrected chi connectivity index (χ2v) is 5.47. The van der Waals surface area contributed by atoms with Gasteiger partial charge < -0.3 is 4.90 Å². The topological polar surface area (TPSA) is 16.1 Å². The molecule has 1 saturated heterocycles. The Morgan fingerprint density at radius 3 is 3.00 bits per heavy atom. The summed E-state index contributed by atoms with van der Waals surface area (Å²) >= 11 is 0. The van der Waals surface area contributed by atoms with E-state index in [-0.39, 0.29) is 0 Å². The van der Waals surface area contributed by atoms with Crippen molar-refractivity contribution in [1.82, 2.24) is 9.88 Å². The Morgan fingerprint density at radius 2 is 2.17 bits per heavy atom. The van der Waals surface area contributed by atoms with Crippen LogP contribution in [0.25, 0.3) is 10.9 Å². The zero-order valence-electron chi connectivity index (χ0n) is 11.2. The van der Waals surface area contributed by atoms with Gasteiger partial charge in [0.1, 0.15) is 0 Å². The van der Waals surface area contributed by atoms with Crippen molar-refractivity contribution in [3.8, 4) is 0 Å². The van der Waals surface area contributed by atoms with Gasteiger partial charge >= 0.3 is 0 Å². The fraction of sp³-hybridized carbons (Fsp3) is 0.438. The Morgan fingerprint density at radius 1 is 1.28 bits per heavy atom. The minimum Gasteiger partial charge on any atom is -0.306 e. The summed E-state index contributed by atoms with van der Waals surface area (Å²) in [5.74, 6) is 0.641. The van der Waals surface area contributed by atoms with Crippen LogP contribution < -0.4 is 0 Å². The molecule has 0 bridgehead atoms. The van der Waals surface area contributed by atoms with Gasteiger partial charge in [0.05, 0.1) is 5.52 Å². The van der Waals surface area contributed by atoms with Gasteiger partial charge in [-0.15, -0.1) is 0 Å². The van der Waals surface area contributed by atoms with E-state index in [1.54, 1.807) is 0 Å². The van der Waals surface area contributed by atoms with Gasteiger partial charge in [-0.05, 0) is 56.5 Å². The van der Waals surface area contributed by atoms with E-state index >= 15 is 0 Å². The molecule has 0 amide bonds. The molecular formula is C16H20N2. The van der Waals surface area contributed by atoms with E-state index in [9.17, 15) is 0 Å². The van der Waals surface area contributed by atoms with E-state index in [2.05, 4.69) is 48.1 Å². The number of fused-ring (bicyclic) bond motifs is 1. The van der Waals surface area contributed by atoms with Crippen LogP contribution in [0.5, 0.6) is 0 Å². The second-order valence-electron chi connectivity index (χ2n) is 5.47. The molecule has 1 unspecified atom stereocenters. The highest BCUT2D eigenvalue weighted by atomic mass is 15.1. The van der Waals surface area contributed by atoms with E-state index in [0.29, 0.717) is 5.92 Å². The molecule has 2 heteroatoms. The molecule has 0 saturated carbocycles. The quantitative estimate of drug-likeness (QED) is 0.760. The number of piperidine rings is 1. The lowest BCUT2D eigenvalue weighted by Crippen LogP contribution is -2.30. The van der Waals surface area contributed by atoms with Gasteiger partial charge in [-0.3, -0.25) is 4.98 Å². The second kappa shape index (κ2) is 4.69. The van der Waals surface area contributed by atoms with E-state index in [0.717, 1.165) is 6.54 Å². The van der Waals surface area contributed by atoms with Crippen LogP contribution in [0.2, 0.25) is 0 Å². The van der Waals surface area contributed by atoms with Crippen molar-refractivity contribution in [1.29, 1.82) is 0 Å². The SMILES string of the molecule is Cc1ccnc2c(C3CCCN(C)C3)cccc12. The highest BCUT2D eigenvalue weighted by Crippen LogP contribution is 2.31. The summed E-state index contributed by atoms with van der Waals surface area (Å²) in [5, 5.41) is 1.31. The number of likely N-dealkylation sites (N-methyl/N-ethyl adjacent to an activating group) is 1. The summed E-state index contributed by atoms with van der Waals surface area (Å²) in [6.45, 7) is 4.56. The largest absolute Gasteiger partial charge is 0.306 e. The van der Waals surface area contributed by atoms with Crippen molar-refractivity contribution in [2.75, 3.05) is 20.1 Å². The molecule has 1 aromatic carbocycles. The smallest absolute Gasteiger partial charge is 0.0739 e. The molecule has 2 aromatic rings. The van der Waals surface area contributed by atoms with Crippen LogP contribution in [0, 0.1) is 6.92 Å². The third-order valence-electron chi connectivity index (χ3n) is 4.08. The molecule has 0 spiro atoms. The van der Waals surface area contributed by atoms with Gasteiger partial charge in [-0.2, -0.15) is 0 Å². The maximum absolute atomic E-state index is 4.62. The van der Waals surface area contributed by atoms with Crippen LogP contribution in [0.15, 0.2) is 30.5 Å². The van der Waals surface area contributed by atoms with E-state index in [4.69, 9.17) is 0 Å². The van der Waals surface area contributed by atoms with Crippen LogP contribution in [0.1, 0.15) is 29.9 Å². The predicted octanol–water partition coefficient (Wildman–Crippen LogP) is 3.35. The molecule has 0 N–H and O–H groups in total. The molecule has 2 nitrogen and oxygen atoms in total. The van der Waals surface area contributed by atoms with Gasteiger partial charge in [-0.1, -0.05) is 18.2 Å². The van der Waals surface area contributed by atoms with Crippen molar-refractivity contribution in [2.24, 2.45) is 0 Å². The molecular weight excluding hydrogens is 220 g/mol. The van der Waals surface area contributed by atoms with E-state index < -0.39 is 0 Å². The third-order valence-corrected chi connectivity index (χ3v) is 4.08. The van der Waals surface area contributed by atoms with Crippen LogP contribution in [-0.4, -0.2) is 30.0 Å². The summed E-state index contributed by atoms with van der Waals surface area (Å²) in [6, 6.07) is 8.73. The number of rotatable bonds is 1. The molecule has 1 aliphatic rings. The number of para-hydroxylation sites is 1. The van der Waals surface area contributed by atoms with Gasteiger partial charge in [0.15, 0.2) is 0 Å². The minimum atomic E-state index is 0.641. The van der Waals surface area contributed by atoms with Crippen molar-refractivity contribution < 1.29 is 0 Å². The molecule has 94 valence electrons. The molecule has 1 atom stereocenters. The Labute approximate surface area is 109 Å². The fourth-order valence-corrected chi connectivity index (χ4v) is 3.09. The lowest BCUT2D eigenvalue weighted by atomic mass is 9.89. The molecule has 1 fully saturated rings. The molecule has 2 heterocycles. The van der Waals surface area contributed by atoms with Gasteiger partial charge in [0.25, 0.3) is 0 Å². The summed E-state index contributed by atoms with van der Waals surface area (Å²) in [6.07, 6.45) is 4.52. The molecule has 0 aliphatic carbocycles. The first kappa shape index (κ1) is 11.7. The first-order valence-corrected chi connectivity index (χ1v) is 6.78. The summed E-state index contributed by atoms with van der Waals surface area (Å²) in [5.41, 5.74) is 3.96. The molecule has 1 aromatic heterocycles. The average molecular weight is 240 g/mol. The third kappa shape index (κ3) is 2.01. The Balaban J connectivity index is 2.09. The van der Waals surface area contributed by atoms with Gasteiger partial charge in [-0.25, -0.2) is 0 Å². The number of hydrogen-bond donors (Lipinski definition) is 0.